The lowest BCUT2D eigenvalue weighted by atomic mass is 10.1. The minimum absolute atomic E-state index is 0.0166. The second-order valence-electron chi connectivity index (χ2n) is 2.75. The van der Waals surface area contributed by atoms with Gasteiger partial charge in [-0.3, -0.25) is 4.79 Å². The maximum atomic E-state index is 10.9. The molecule has 0 bridgehead atoms. The molecule has 0 aliphatic heterocycles. The number of nitrogens with one attached hydrogen (secondary N) is 1. The van der Waals surface area contributed by atoms with Gasteiger partial charge < -0.3 is 5.73 Å². The Kier molecular flexibility index (Phi) is 2.87. The Morgan fingerprint density at radius 3 is 2.38 bits per heavy atom. The molecule has 1 unspecified atom stereocenters. The van der Waals surface area contributed by atoms with Gasteiger partial charge in [0.2, 0.25) is 0 Å². The van der Waals surface area contributed by atoms with Gasteiger partial charge in [0.15, 0.2) is 5.78 Å². The largest absolute Gasteiger partial charge is 0.304 e. The molecule has 0 radical (unpaired) electrons. The molecule has 0 saturated carbocycles. The zero-order valence-corrected chi connectivity index (χ0v) is 7.32. The third-order valence-electron chi connectivity index (χ3n) is 1.80. The van der Waals surface area contributed by atoms with Crippen LogP contribution >= 0.6 is 0 Å². The molecule has 0 fully saturated rings. The predicted molar refractivity (Wildman–Crippen MR) is 48.5 cm³/mol. The van der Waals surface area contributed by atoms with Crippen LogP contribution in [0.4, 0.5) is 0 Å². The number of carbonyl (C=O) groups excluding carboxylic acids is 1. The molecule has 0 heterocycles. The highest BCUT2D eigenvalue weighted by molar-refractivity contribution is 5.94. The summed E-state index contributed by atoms with van der Waals surface area (Å²) in [5.41, 5.74) is 13.6. The average molecular weight is 177 g/mol. The fourth-order valence-corrected chi connectivity index (χ4v) is 0.990. The van der Waals surface area contributed by atoms with Crippen LogP contribution in [0.1, 0.15) is 29.0 Å². The molecule has 0 amide bonds. The number of hydrogen-bond acceptors (Lipinski definition) is 4. The smallest absolute Gasteiger partial charge is 0.159 e. The summed E-state index contributed by atoms with van der Waals surface area (Å²) in [6.45, 7) is 1.50. The maximum Gasteiger partial charge on any atom is 0.159 e. The number of nitrogens with zero attached hydrogens (tertiary/aromatic N) is 1. The van der Waals surface area contributed by atoms with Crippen molar-refractivity contribution in [2.45, 2.75) is 13.1 Å². The van der Waals surface area contributed by atoms with E-state index in [1.54, 1.807) is 24.3 Å². The zero-order valence-electron chi connectivity index (χ0n) is 7.32. The molecule has 0 saturated heterocycles. The molecule has 0 aliphatic carbocycles. The minimum atomic E-state index is -0.624. The number of Topliss-reactive ketones (excluding diaryl/α,β-unsaturated/α-hetero) is 1. The van der Waals surface area contributed by atoms with E-state index in [0.717, 1.165) is 5.56 Å². The third-order valence-corrected chi connectivity index (χ3v) is 1.80. The number of hydrogen-bond donors (Lipinski definition) is 2. The van der Waals surface area contributed by atoms with Gasteiger partial charge in [0.25, 0.3) is 0 Å². The molecule has 68 valence electrons. The Morgan fingerprint density at radius 2 is 2.00 bits per heavy atom. The van der Waals surface area contributed by atoms with Crippen LogP contribution in [0.3, 0.4) is 0 Å². The van der Waals surface area contributed by atoms with E-state index in [2.05, 4.69) is 5.11 Å². The molecule has 1 rings (SSSR count). The van der Waals surface area contributed by atoms with Crippen molar-refractivity contribution in [3.05, 3.63) is 35.4 Å². The first kappa shape index (κ1) is 9.54. The number of benzene rings is 1. The van der Waals surface area contributed by atoms with E-state index in [9.17, 15) is 4.79 Å². The van der Waals surface area contributed by atoms with Crippen molar-refractivity contribution >= 4 is 5.78 Å². The summed E-state index contributed by atoms with van der Waals surface area (Å²) in [6, 6.07) is 6.78. The fourth-order valence-electron chi connectivity index (χ4n) is 0.990. The normalized spacial score (nSPS) is 12.2. The molecule has 1 aromatic carbocycles. The van der Waals surface area contributed by atoms with Crippen LogP contribution in [-0.2, 0) is 0 Å². The molecule has 1 atom stereocenters. The van der Waals surface area contributed by atoms with Gasteiger partial charge in [0.1, 0.15) is 6.17 Å². The Balaban J connectivity index is 2.93. The van der Waals surface area contributed by atoms with E-state index in [1.165, 1.54) is 6.92 Å². The molecule has 4 heteroatoms. The number of rotatable bonds is 3. The molecule has 13 heavy (non-hydrogen) atoms. The van der Waals surface area contributed by atoms with Gasteiger partial charge in [-0.15, -0.1) is 0 Å². The van der Waals surface area contributed by atoms with Crippen molar-refractivity contribution in [1.82, 2.24) is 0 Å². The highest BCUT2D eigenvalue weighted by Gasteiger charge is 2.04. The van der Waals surface area contributed by atoms with Gasteiger partial charge in [0, 0.05) is 5.56 Å². The summed E-state index contributed by atoms with van der Waals surface area (Å²) in [7, 11) is 0. The standard InChI is InChI=1S/C9H11N3O/c1-6(13)7-2-4-8(5-3-7)9(10)12-11/h2-5,9,11H,10H2,1H3. The number of nitrogens with two attached hydrogens (primary N) is 1. The van der Waals surface area contributed by atoms with Crippen LogP contribution in [0.15, 0.2) is 29.4 Å². The average Bonchev–Trinajstić information content (AvgIpc) is 2.17. The molecule has 1 aromatic rings. The van der Waals surface area contributed by atoms with E-state index in [0.29, 0.717) is 5.56 Å². The highest BCUT2D eigenvalue weighted by atomic mass is 16.1. The minimum Gasteiger partial charge on any atom is -0.304 e. The monoisotopic (exact) mass is 177 g/mol. The van der Waals surface area contributed by atoms with Crippen molar-refractivity contribution in [2.24, 2.45) is 10.8 Å². The molecule has 3 N–H and O–H groups in total. The first-order valence-corrected chi connectivity index (χ1v) is 3.88. The summed E-state index contributed by atoms with van der Waals surface area (Å²) in [4.78, 5) is 10.9. The predicted octanol–water partition coefficient (Wildman–Crippen LogP) is 1.88. The first-order valence-electron chi connectivity index (χ1n) is 3.88. The summed E-state index contributed by atoms with van der Waals surface area (Å²) < 4.78 is 0. The summed E-state index contributed by atoms with van der Waals surface area (Å²) in [5, 5.41) is 3.18. The van der Waals surface area contributed by atoms with Crippen LogP contribution in [0.25, 0.3) is 0 Å². The highest BCUT2D eigenvalue weighted by Crippen LogP contribution is 2.12. The molecule has 0 spiro atoms. The number of ketones is 1. The Bertz CT molecular complexity index is 318. The van der Waals surface area contributed by atoms with Crippen molar-refractivity contribution in [3.8, 4) is 0 Å². The van der Waals surface area contributed by atoms with Crippen LogP contribution in [0, 0.1) is 5.53 Å². The lowest BCUT2D eigenvalue weighted by Gasteiger charge is -2.04. The summed E-state index contributed by atoms with van der Waals surface area (Å²) >= 11 is 0. The lowest BCUT2D eigenvalue weighted by molar-refractivity contribution is 0.101. The fraction of sp³-hybridized carbons (Fsp3) is 0.222. The van der Waals surface area contributed by atoms with Gasteiger partial charge in [-0.05, 0) is 12.5 Å². The maximum absolute atomic E-state index is 10.9. The van der Waals surface area contributed by atoms with Gasteiger partial charge in [0.05, 0.1) is 0 Å². The molecule has 4 nitrogen and oxygen atoms in total. The van der Waals surface area contributed by atoms with Crippen LogP contribution in [0.5, 0.6) is 0 Å². The molecule has 0 aromatic heterocycles. The van der Waals surface area contributed by atoms with E-state index < -0.39 is 6.17 Å². The third kappa shape index (κ3) is 2.19. The lowest BCUT2D eigenvalue weighted by Crippen LogP contribution is -2.06. The first-order chi connectivity index (χ1) is 6.15. The topological polar surface area (TPSA) is 79.3 Å². The molecule has 0 aliphatic rings. The van der Waals surface area contributed by atoms with Crippen LogP contribution in [-0.4, -0.2) is 5.78 Å². The molecular formula is C9H11N3O. The summed E-state index contributed by atoms with van der Waals surface area (Å²) in [5.74, 6) is 0.0166. The van der Waals surface area contributed by atoms with Crippen molar-refractivity contribution in [3.63, 3.8) is 0 Å². The van der Waals surface area contributed by atoms with E-state index in [1.807, 2.05) is 0 Å². The second-order valence-corrected chi connectivity index (χ2v) is 2.75. The van der Waals surface area contributed by atoms with Crippen molar-refractivity contribution < 1.29 is 4.79 Å². The second kappa shape index (κ2) is 3.91. The SMILES string of the molecule is CC(=O)c1ccc(C(N)N=N)cc1. The Labute approximate surface area is 76.3 Å². The van der Waals surface area contributed by atoms with Crippen LogP contribution in [0.2, 0.25) is 0 Å². The molecular weight excluding hydrogens is 166 g/mol. The van der Waals surface area contributed by atoms with E-state index in [-0.39, 0.29) is 5.78 Å². The number of carbonyl (C=O) groups is 1. The van der Waals surface area contributed by atoms with E-state index >= 15 is 0 Å². The van der Waals surface area contributed by atoms with Gasteiger partial charge >= 0.3 is 0 Å². The van der Waals surface area contributed by atoms with Crippen molar-refractivity contribution in [2.75, 3.05) is 0 Å². The van der Waals surface area contributed by atoms with Gasteiger partial charge in [-0.1, -0.05) is 24.3 Å². The Morgan fingerprint density at radius 1 is 1.46 bits per heavy atom. The van der Waals surface area contributed by atoms with Crippen LogP contribution < -0.4 is 5.73 Å². The van der Waals surface area contributed by atoms with Gasteiger partial charge in [-0.2, -0.15) is 5.11 Å². The van der Waals surface area contributed by atoms with Crippen molar-refractivity contribution in [1.29, 1.82) is 5.53 Å². The Hall–Kier alpha value is -1.55. The summed E-state index contributed by atoms with van der Waals surface area (Å²) in [6.07, 6.45) is -0.624. The zero-order chi connectivity index (χ0) is 9.84. The van der Waals surface area contributed by atoms with E-state index in [4.69, 9.17) is 11.3 Å². The van der Waals surface area contributed by atoms with Gasteiger partial charge in [-0.25, -0.2) is 5.53 Å². The quantitative estimate of drug-likeness (QED) is 0.546.